The van der Waals surface area contributed by atoms with Gasteiger partial charge in [0.25, 0.3) is 5.91 Å². The van der Waals surface area contributed by atoms with Gasteiger partial charge in [0, 0.05) is 18.6 Å². The van der Waals surface area contributed by atoms with Gasteiger partial charge in [0.1, 0.15) is 0 Å². The van der Waals surface area contributed by atoms with Gasteiger partial charge < -0.3 is 19.7 Å². The van der Waals surface area contributed by atoms with E-state index in [9.17, 15) is 4.79 Å². The highest BCUT2D eigenvalue weighted by molar-refractivity contribution is 5.98. The van der Waals surface area contributed by atoms with E-state index in [-0.39, 0.29) is 18.3 Å². The third-order valence-electron chi connectivity index (χ3n) is 4.52. The number of rotatable bonds is 3. The van der Waals surface area contributed by atoms with Crippen LogP contribution < -0.4 is 14.8 Å². The highest BCUT2D eigenvalue weighted by Gasteiger charge is 2.39. The number of hydrogen-bond donors (Lipinski definition) is 1. The van der Waals surface area contributed by atoms with E-state index in [0.717, 1.165) is 32.4 Å². The average molecular weight is 327 g/mol. The zero-order valence-electron chi connectivity index (χ0n) is 13.0. The van der Waals surface area contributed by atoms with Crippen LogP contribution in [0.3, 0.4) is 0 Å². The van der Waals surface area contributed by atoms with Crippen molar-refractivity contribution in [3.05, 3.63) is 23.8 Å². The molecule has 122 valence electrons. The van der Waals surface area contributed by atoms with Crippen LogP contribution in [0.5, 0.6) is 11.5 Å². The lowest BCUT2D eigenvalue weighted by molar-refractivity contribution is 0.0676. The first-order valence-corrected chi connectivity index (χ1v) is 7.50. The quantitative estimate of drug-likeness (QED) is 0.924. The predicted octanol–water partition coefficient (Wildman–Crippen LogP) is 2.09. The largest absolute Gasteiger partial charge is 0.493 e. The SMILES string of the molecule is COc1cccc(C(=O)N2C3CCNCC2CC3)c1OC.Cl. The second kappa shape index (κ2) is 7.20. The summed E-state index contributed by atoms with van der Waals surface area (Å²) in [6.07, 6.45) is 3.20. The molecular weight excluding hydrogens is 304 g/mol. The van der Waals surface area contributed by atoms with Gasteiger partial charge in [-0.2, -0.15) is 0 Å². The molecule has 3 rings (SSSR count). The second-order valence-corrected chi connectivity index (χ2v) is 5.63. The predicted molar refractivity (Wildman–Crippen MR) is 87.3 cm³/mol. The molecule has 2 aliphatic heterocycles. The van der Waals surface area contributed by atoms with Crippen molar-refractivity contribution in [3.63, 3.8) is 0 Å². The normalized spacial score (nSPS) is 23.5. The lowest BCUT2D eigenvalue weighted by Gasteiger charge is -2.28. The number of hydrogen-bond acceptors (Lipinski definition) is 4. The fourth-order valence-electron chi connectivity index (χ4n) is 3.51. The Bertz CT molecular complexity index is 524. The van der Waals surface area contributed by atoms with E-state index in [2.05, 4.69) is 10.2 Å². The van der Waals surface area contributed by atoms with E-state index in [1.807, 2.05) is 18.2 Å². The van der Waals surface area contributed by atoms with E-state index >= 15 is 0 Å². The van der Waals surface area contributed by atoms with Crippen molar-refractivity contribution < 1.29 is 14.3 Å². The molecule has 2 atom stereocenters. The van der Waals surface area contributed by atoms with Gasteiger partial charge in [-0.25, -0.2) is 0 Å². The number of methoxy groups -OCH3 is 2. The first-order chi connectivity index (χ1) is 10.3. The Morgan fingerprint density at radius 1 is 1.18 bits per heavy atom. The summed E-state index contributed by atoms with van der Waals surface area (Å²) in [7, 11) is 3.17. The highest BCUT2D eigenvalue weighted by Crippen LogP contribution is 2.35. The van der Waals surface area contributed by atoms with E-state index in [1.54, 1.807) is 14.2 Å². The molecule has 1 aromatic carbocycles. The number of carbonyl (C=O) groups is 1. The van der Waals surface area contributed by atoms with Crippen LogP contribution in [0.15, 0.2) is 18.2 Å². The van der Waals surface area contributed by atoms with E-state index in [0.29, 0.717) is 29.1 Å². The Morgan fingerprint density at radius 3 is 2.68 bits per heavy atom. The molecule has 2 unspecified atom stereocenters. The molecule has 0 aliphatic carbocycles. The number of halogens is 1. The smallest absolute Gasteiger partial charge is 0.258 e. The van der Waals surface area contributed by atoms with E-state index in [4.69, 9.17) is 9.47 Å². The minimum Gasteiger partial charge on any atom is -0.493 e. The Labute approximate surface area is 137 Å². The summed E-state index contributed by atoms with van der Waals surface area (Å²) in [5.74, 6) is 1.19. The van der Waals surface area contributed by atoms with Gasteiger partial charge in [-0.15, -0.1) is 12.4 Å². The van der Waals surface area contributed by atoms with Crippen LogP contribution >= 0.6 is 12.4 Å². The Hall–Kier alpha value is -1.46. The van der Waals surface area contributed by atoms with Gasteiger partial charge in [-0.05, 0) is 37.9 Å². The summed E-state index contributed by atoms with van der Waals surface area (Å²) < 4.78 is 10.7. The van der Waals surface area contributed by atoms with E-state index in [1.165, 1.54) is 0 Å². The molecule has 1 amide bonds. The number of benzene rings is 1. The van der Waals surface area contributed by atoms with Gasteiger partial charge in [0.05, 0.1) is 19.8 Å². The molecule has 1 aromatic rings. The van der Waals surface area contributed by atoms with Crippen LogP contribution in [-0.4, -0.2) is 50.2 Å². The van der Waals surface area contributed by atoms with Crippen molar-refractivity contribution >= 4 is 18.3 Å². The molecule has 2 bridgehead atoms. The van der Waals surface area contributed by atoms with E-state index < -0.39 is 0 Å². The summed E-state index contributed by atoms with van der Waals surface area (Å²) in [6.45, 7) is 1.87. The van der Waals surface area contributed by atoms with Gasteiger partial charge >= 0.3 is 0 Å². The number of para-hydroxylation sites is 1. The maximum atomic E-state index is 13.0. The summed E-state index contributed by atoms with van der Waals surface area (Å²) in [5.41, 5.74) is 0.593. The van der Waals surface area contributed by atoms with Crippen LogP contribution in [0.25, 0.3) is 0 Å². The maximum Gasteiger partial charge on any atom is 0.258 e. The monoisotopic (exact) mass is 326 g/mol. The number of fused-ring (bicyclic) bond motifs is 2. The zero-order valence-corrected chi connectivity index (χ0v) is 13.8. The van der Waals surface area contributed by atoms with Crippen molar-refractivity contribution in [1.29, 1.82) is 0 Å². The summed E-state index contributed by atoms with van der Waals surface area (Å²) in [5, 5.41) is 3.42. The molecule has 1 N–H and O–H groups in total. The molecule has 5 nitrogen and oxygen atoms in total. The molecule has 0 saturated carbocycles. The maximum absolute atomic E-state index is 13.0. The van der Waals surface area contributed by atoms with Gasteiger partial charge in [0.15, 0.2) is 11.5 Å². The fraction of sp³-hybridized carbons (Fsp3) is 0.562. The number of nitrogens with zero attached hydrogens (tertiary/aromatic N) is 1. The molecule has 22 heavy (non-hydrogen) atoms. The molecule has 2 saturated heterocycles. The lowest BCUT2D eigenvalue weighted by atomic mass is 10.1. The molecule has 0 spiro atoms. The average Bonchev–Trinajstić information content (AvgIpc) is 2.78. The van der Waals surface area contributed by atoms with Crippen LogP contribution in [-0.2, 0) is 0 Å². The van der Waals surface area contributed by atoms with Crippen molar-refractivity contribution in [1.82, 2.24) is 10.2 Å². The molecule has 6 heteroatoms. The molecule has 2 fully saturated rings. The van der Waals surface area contributed by atoms with Crippen molar-refractivity contribution in [3.8, 4) is 11.5 Å². The number of nitrogens with one attached hydrogen (secondary N) is 1. The van der Waals surface area contributed by atoms with Gasteiger partial charge in [-0.1, -0.05) is 6.07 Å². The molecular formula is C16H23ClN2O3. The van der Waals surface area contributed by atoms with Gasteiger partial charge in [0.2, 0.25) is 0 Å². The summed E-state index contributed by atoms with van der Waals surface area (Å²) >= 11 is 0. The first-order valence-electron chi connectivity index (χ1n) is 7.50. The molecule has 2 heterocycles. The Morgan fingerprint density at radius 2 is 1.95 bits per heavy atom. The minimum atomic E-state index is 0. The third kappa shape index (κ3) is 2.88. The van der Waals surface area contributed by atoms with Crippen LogP contribution in [0.4, 0.5) is 0 Å². The topological polar surface area (TPSA) is 50.8 Å². The number of carbonyl (C=O) groups excluding carboxylic acids is 1. The second-order valence-electron chi connectivity index (χ2n) is 5.63. The van der Waals surface area contributed by atoms with Crippen LogP contribution in [0.1, 0.15) is 29.6 Å². The summed E-state index contributed by atoms with van der Waals surface area (Å²) in [6, 6.07) is 6.11. The molecule has 0 aromatic heterocycles. The Kier molecular flexibility index (Phi) is 5.53. The van der Waals surface area contributed by atoms with Crippen molar-refractivity contribution in [2.24, 2.45) is 0 Å². The fourth-order valence-corrected chi connectivity index (χ4v) is 3.51. The highest BCUT2D eigenvalue weighted by atomic mass is 35.5. The molecule has 2 aliphatic rings. The van der Waals surface area contributed by atoms with Crippen molar-refractivity contribution in [2.45, 2.75) is 31.3 Å². The lowest BCUT2D eigenvalue weighted by Crippen LogP contribution is -2.42. The first kappa shape index (κ1) is 16.9. The zero-order chi connectivity index (χ0) is 14.8. The Balaban J connectivity index is 0.00000176. The summed E-state index contributed by atoms with van der Waals surface area (Å²) in [4.78, 5) is 15.1. The van der Waals surface area contributed by atoms with Crippen molar-refractivity contribution in [2.75, 3.05) is 27.3 Å². The number of amides is 1. The standard InChI is InChI=1S/C16H22N2O3.ClH/c1-20-14-5-3-4-13(15(14)21-2)16(19)18-11-6-7-12(18)10-17-9-8-11;/h3-5,11-12,17H,6-10H2,1-2H3;1H. The number of ether oxygens (including phenoxy) is 2. The van der Waals surface area contributed by atoms with Crippen LogP contribution in [0, 0.1) is 0 Å². The molecule has 0 radical (unpaired) electrons. The van der Waals surface area contributed by atoms with Gasteiger partial charge in [-0.3, -0.25) is 4.79 Å². The minimum absolute atomic E-state index is 0. The third-order valence-corrected chi connectivity index (χ3v) is 4.52. The van der Waals surface area contributed by atoms with Crippen LogP contribution in [0.2, 0.25) is 0 Å².